The van der Waals surface area contributed by atoms with E-state index < -0.39 is 0 Å². The molecule has 0 spiro atoms. The lowest BCUT2D eigenvalue weighted by atomic mass is 10.2. The third kappa shape index (κ3) is 5.95. The van der Waals surface area contributed by atoms with Crippen molar-refractivity contribution in [3.05, 3.63) is 59.7 Å². The normalized spacial score (nSPS) is 10.4. The molecule has 0 saturated carbocycles. The van der Waals surface area contributed by atoms with Gasteiger partial charge in [-0.25, -0.2) is 0 Å². The van der Waals surface area contributed by atoms with E-state index in [1.54, 1.807) is 24.3 Å². The van der Waals surface area contributed by atoms with Crippen molar-refractivity contribution in [2.45, 2.75) is 33.2 Å². The number of carbonyl (C=O) groups is 2. The molecule has 0 saturated heterocycles. The summed E-state index contributed by atoms with van der Waals surface area (Å²) in [5.41, 5.74) is 2.40. The highest BCUT2D eigenvalue weighted by Gasteiger charge is 2.08. The minimum atomic E-state index is -0.251. The zero-order chi connectivity index (χ0) is 18.2. The van der Waals surface area contributed by atoms with Crippen LogP contribution in [-0.4, -0.2) is 24.5 Å². The van der Waals surface area contributed by atoms with Gasteiger partial charge in [-0.1, -0.05) is 19.1 Å². The predicted octanol–water partition coefficient (Wildman–Crippen LogP) is 3.40. The Bertz CT molecular complexity index is 707. The van der Waals surface area contributed by atoms with E-state index >= 15 is 0 Å². The fourth-order valence-electron chi connectivity index (χ4n) is 2.22. The Labute approximate surface area is 148 Å². The summed E-state index contributed by atoms with van der Waals surface area (Å²) >= 11 is 0. The van der Waals surface area contributed by atoms with Crippen molar-refractivity contribution in [2.75, 3.05) is 11.9 Å². The highest BCUT2D eigenvalue weighted by molar-refractivity contribution is 5.96. The van der Waals surface area contributed by atoms with Crippen LogP contribution < -0.4 is 15.4 Å². The summed E-state index contributed by atoms with van der Waals surface area (Å²) in [5.74, 6) is 0.277. The smallest absolute Gasteiger partial charge is 0.262 e. The highest BCUT2D eigenvalue weighted by Crippen LogP contribution is 2.13. The molecule has 2 aromatic rings. The van der Waals surface area contributed by atoms with Gasteiger partial charge in [-0.2, -0.15) is 0 Å². The Morgan fingerprint density at radius 3 is 2.20 bits per heavy atom. The maximum atomic E-state index is 12.0. The first kappa shape index (κ1) is 18.5. The van der Waals surface area contributed by atoms with Gasteiger partial charge < -0.3 is 15.4 Å². The standard InChI is InChI=1S/C20H24N2O3/c1-4-15-5-11-18(12-6-15)25-13-19(23)22-17-9-7-16(8-10-17)20(24)21-14(2)3/h5-12,14H,4,13H2,1-3H3,(H,21,24)(H,22,23). The van der Waals surface area contributed by atoms with Crippen molar-refractivity contribution in [1.29, 1.82) is 0 Å². The van der Waals surface area contributed by atoms with Crippen LogP contribution >= 0.6 is 0 Å². The van der Waals surface area contributed by atoms with Crippen molar-refractivity contribution < 1.29 is 14.3 Å². The van der Waals surface area contributed by atoms with Gasteiger partial charge in [-0.3, -0.25) is 9.59 Å². The first-order valence-electron chi connectivity index (χ1n) is 8.40. The van der Waals surface area contributed by atoms with Crippen LogP contribution in [0.2, 0.25) is 0 Å². The third-order valence-corrected chi connectivity index (χ3v) is 3.55. The number of benzene rings is 2. The summed E-state index contributed by atoms with van der Waals surface area (Å²) < 4.78 is 5.47. The number of aryl methyl sites for hydroxylation is 1. The maximum absolute atomic E-state index is 12.0. The minimum Gasteiger partial charge on any atom is -0.484 e. The van der Waals surface area contributed by atoms with Gasteiger partial charge in [0.15, 0.2) is 6.61 Å². The summed E-state index contributed by atoms with van der Waals surface area (Å²) in [6, 6.07) is 14.5. The average molecular weight is 340 g/mol. The molecule has 25 heavy (non-hydrogen) atoms. The molecule has 0 radical (unpaired) electrons. The zero-order valence-electron chi connectivity index (χ0n) is 14.8. The number of hydrogen-bond acceptors (Lipinski definition) is 3. The Morgan fingerprint density at radius 1 is 1.00 bits per heavy atom. The molecule has 2 rings (SSSR count). The van der Waals surface area contributed by atoms with Gasteiger partial charge in [0.25, 0.3) is 11.8 Å². The van der Waals surface area contributed by atoms with Crippen LogP contribution in [-0.2, 0) is 11.2 Å². The van der Waals surface area contributed by atoms with Gasteiger partial charge in [0, 0.05) is 17.3 Å². The molecule has 0 aromatic heterocycles. The second-order valence-corrected chi connectivity index (χ2v) is 6.04. The van der Waals surface area contributed by atoms with Crippen LogP contribution in [0.3, 0.4) is 0 Å². The van der Waals surface area contributed by atoms with Crippen molar-refractivity contribution in [2.24, 2.45) is 0 Å². The van der Waals surface area contributed by atoms with Gasteiger partial charge >= 0.3 is 0 Å². The van der Waals surface area contributed by atoms with Crippen LogP contribution in [0.15, 0.2) is 48.5 Å². The molecule has 5 heteroatoms. The van der Waals surface area contributed by atoms with Crippen molar-refractivity contribution in [3.63, 3.8) is 0 Å². The summed E-state index contributed by atoms with van der Waals surface area (Å²) in [7, 11) is 0. The maximum Gasteiger partial charge on any atom is 0.262 e. The Hall–Kier alpha value is -2.82. The summed E-state index contributed by atoms with van der Waals surface area (Å²) in [5, 5.41) is 5.57. The molecule has 0 heterocycles. The molecule has 0 bridgehead atoms. The molecule has 2 amide bonds. The summed E-state index contributed by atoms with van der Waals surface area (Å²) in [4.78, 5) is 23.8. The number of amides is 2. The molecule has 0 unspecified atom stereocenters. The van der Waals surface area contributed by atoms with E-state index in [9.17, 15) is 9.59 Å². The number of anilines is 1. The number of hydrogen-bond donors (Lipinski definition) is 2. The van der Waals surface area contributed by atoms with Gasteiger partial charge in [0.05, 0.1) is 0 Å². The van der Waals surface area contributed by atoms with E-state index in [2.05, 4.69) is 17.6 Å². The van der Waals surface area contributed by atoms with Gasteiger partial charge in [0.1, 0.15) is 5.75 Å². The molecule has 2 aromatic carbocycles. The number of ether oxygens (including phenoxy) is 1. The van der Waals surface area contributed by atoms with E-state index in [1.807, 2.05) is 38.1 Å². The van der Waals surface area contributed by atoms with E-state index in [1.165, 1.54) is 5.56 Å². The topological polar surface area (TPSA) is 67.4 Å². The van der Waals surface area contributed by atoms with Gasteiger partial charge in [-0.15, -0.1) is 0 Å². The van der Waals surface area contributed by atoms with Crippen LogP contribution in [0, 0.1) is 0 Å². The molecule has 2 N–H and O–H groups in total. The molecule has 0 fully saturated rings. The van der Waals surface area contributed by atoms with E-state index in [-0.39, 0.29) is 24.5 Å². The Balaban J connectivity index is 1.84. The van der Waals surface area contributed by atoms with E-state index in [0.29, 0.717) is 17.0 Å². The van der Waals surface area contributed by atoms with Crippen molar-refractivity contribution >= 4 is 17.5 Å². The SMILES string of the molecule is CCc1ccc(OCC(=O)Nc2ccc(C(=O)NC(C)C)cc2)cc1. The van der Waals surface area contributed by atoms with Crippen molar-refractivity contribution in [1.82, 2.24) is 5.32 Å². The Kier molecular flexibility index (Phi) is 6.57. The van der Waals surface area contributed by atoms with Crippen LogP contribution in [0.1, 0.15) is 36.7 Å². The second kappa shape index (κ2) is 8.87. The van der Waals surface area contributed by atoms with E-state index in [4.69, 9.17) is 4.74 Å². The predicted molar refractivity (Wildman–Crippen MR) is 99.0 cm³/mol. The molecule has 0 atom stereocenters. The number of rotatable bonds is 7. The first-order chi connectivity index (χ1) is 12.0. The number of carbonyl (C=O) groups excluding carboxylic acids is 2. The first-order valence-corrected chi connectivity index (χ1v) is 8.40. The summed E-state index contributed by atoms with van der Waals surface area (Å²) in [6.07, 6.45) is 0.964. The lowest BCUT2D eigenvalue weighted by Crippen LogP contribution is -2.30. The van der Waals surface area contributed by atoms with E-state index in [0.717, 1.165) is 6.42 Å². The highest BCUT2D eigenvalue weighted by atomic mass is 16.5. The molecular formula is C20H24N2O3. The minimum absolute atomic E-state index is 0.0684. The second-order valence-electron chi connectivity index (χ2n) is 6.04. The molecule has 0 aliphatic carbocycles. The fourth-order valence-corrected chi connectivity index (χ4v) is 2.22. The lowest BCUT2D eigenvalue weighted by Gasteiger charge is -2.10. The zero-order valence-corrected chi connectivity index (χ0v) is 14.8. The molecule has 5 nitrogen and oxygen atoms in total. The van der Waals surface area contributed by atoms with Crippen molar-refractivity contribution in [3.8, 4) is 5.75 Å². The number of nitrogens with one attached hydrogen (secondary N) is 2. The summed E-state index contributed by atoms with van der Waals surface area (Å²) in [6.45, 7) is 5.83. The van der Waals surface area contributed by atoms with Crippen LogP contribution in [0.5, 0.6) is 5.75 Å². The van der Waals surface area contributed by atoms with Gasteiger partial charge in [0.2, 0.25) is 0 Å². The Morgan fingerprint density at radius 2 is 1.64 bits per heavy atom. The van der Waals surface area contributed by atoms with Crippen LogP contribution in [0.4, 0.5) is 5.69 Å². The largest absolute Gasteiger partial charge is 0.484 e. The molecule has 132 valence electrons. The van der Waals surface area contributed by atoms with Gasteiger partial charge in [-0.05, 0) is 62.2 Å². The molecule has 0 aliphatic rings. The molecular weight excluding hydrogens is 316 g/mol. The van der Waals surface area contributed by atoms with Crippen LogP contribution in [0.25, 0.3) is 0 Å². The third-order valence-electron chi connectivity index (χ3n) is 3.55. The monoisotopic (exact) mass is 340 g/mol. The lowest BCUT2D eigenvalue weighted by molar-refractivity contribution is -0.118. The quantitative estimate of drug-likeness (QED) is 0.812. The fraction of sp³-hybridized carbons (Fsp3) is 0.300. The molecule has 0 aliphatic heterocycles. The average Bonchev–Trinajstić information content (AvgIpc) is 2.60.